The third kappa shape index (κ3) is 6.45. The van der Waals surface area contributed by atoms with Gasteiger partial charge in [0.2, 0.25) is 0 Å². The van der Waals surface area contributed by atoms with Gasteiger partial charge in [-0.2, -0.15) is 27.8 Å². The van der Waals surface area contributed by atoms with Crippen LogP contribution in [-0.2, 0) is 22.7 Å². The van der Waals surface area contributed by atoms with Crippen LogP contribution in [0, 0.1) is 40.5 Å². The number of rotatable bonds is 2. The Bertz CT molecular complexity index is 348. The molecule has 0 bridgehead atoms. The Morgan fingerprint density at radius 3 is 1.50 bits per heavy atom. The molecule has 0 aliphatic rings. The summed E-state index contributed by atoms with van der Waals surface area (Å²) < 4.78 is 0. The molecule has 0 saturated carbocycles. The Kier molecular flexibility index (Phi) is 11.5. The van der Waals surface area contributed by atoms with Crippen LogP contribution in [0.4, 0.5) is 0 Å². The number of carbonyl (C=O) groups is 1. The number of aliphatic carboxylic acids is 1. The molecule has 0 amide bonds. The molecule has 0 heterocycles. The first kappa shape index (κ1) is 22.0. The Morgan fingerprint density at radius 1 is 1.15 bits per heavy atom. The van der Waals surface area contributed by atoms with Crippen molar-refractivity contribution < 1.29 is 27.8 Å². The van der Waals surface area contributed by atoms with Crippen molar-refractivity contribution in [3.8, 4) is 0 Å². The summed E-state index contributed by atoms with van der Waals surface area (Å²) in [6, 6.07) is -0.824. The molecule has 0 spiro atoms. The summed E-state index contributed by atoms with van der Waals surface area (Å²) in [5.74, 6) is -1.22. The van der Waals surface area contributed by atoms with Crippen LogP contribution in [0.15, 0.2) is 0 Å². The van der Waals surface area contributed by atoms with Gasteiger partial charge in [-0.05, 0) is 5.92 Å². The van der Waals surface area contributed by atoms with E-state index >= 15 is 0 Å². The predicted octanol–water partition coefficient (Wildman–Crippen LogP) is 2.35. The predicted molar refractivity (Wildman–Crippen MR) is 79.4 cm³/mol. The third-order valence-electron chi connectivity index (χ3n) is 3.80. The van der Waals surface area contributed by atoms with E-state index in [1.165, 1.54) is 45.7 Å². The SMILES string of the molecule is CC(C)[C@@H](N)C(=O)[O-].Cc1c(C)c(C)[c-](C)c1C.[Cl][Ir+2]. The van der Waals surface area contributed by atoms with E-state index in [1.54, 1.807) is 13.8 Å². The van der Waals surface area contributed by atoms with Crippen LogP contribution in [0.3, 0.4) is 0 Å². The molecule has 1 aromatic carbocycles. The molecule has 20 heavy (non-hydrogen) atoms. The second-order valence-electron chi connectivity index (χ2n) is 5.21. The molecule has 3 nitrogen and oxygen atoms in total. The zero-order valence-corrected chi connectivity index (χ0v) is 16.4. The number of nitrogens with two attached hydrogens (primary N) is 1. The first-order chi connectivity index (χ1) is 9.11. The van der Waals surface area contributed by atoms with Gasteiger partial charge in [0.25, 0.3) is 0 Å². The number of hydrogen-bond donors (Lipinski definition) is 1. The molecule has 1 aromatic rings. The summed E-state index contributed by atoms with van der Waals surface area (Å²) in [6.07, 6.45) is 0. The van der Waals surface area contributed by atoms with Crippen molar-refractivity contribution in [3.05, 3.63) is 27.8 Å². The van der Waals surface area contributed by atoms with Crippen LogP contribution in [-0.4, -0.2) is 12.0 Å². The van der Waals surface area contributed by atoms with Gasteiger partial charge in [0.15, 0.2) is 0 Å². The molecule has 1 rings (SSSR count). The number of carboxylic acid groups (broad SMARTS) is 1. The van der Waals surface area contributed by atoms with Crippen molar-refractivity contribution in [2.75, 3.05) is 0 Å². The zero-order chi connectivity index (χ0) is 16.6. The Balaban J connectivity index is 0. The fraction of sp³-hybridized carbons (Fsp3) is 0.600. The third-order valence-corrected chi connectivity index (χ3v) is 3.80. The van der Waals surface area contributed by atoms with E-state index in [0.717, 1.165) is 0 Å². The van der Waals surface area contributed by atoms with Gasteiger partial charge in [-0.15, -0.1) is 0 Å². The van der Waals surface area contributed by atoms with Crippen LogP contribution in [0.1, 0.15) is 41.7 Å². The topological polar surface area (TPSA) is 66.2 Å². The molecule has 0 radical (unpaired) electrons. The van der Waals surface area contributed by atoms with Crippen LogP contribution in [0.25, 0.3) is 0 Å². The number of carbonyl (C=O) groups excluding carboxylic acids is 1. The summed E-state index contributed by atoms with van der Waals surface area (Å²) in [7, 11) is 4.64. The van der Waals surface area contributed by atoms with Crippen molar-refractivity contribution in [1.29, 1.82) is 0 Å². The summed E-state index contributed by atoms with van der Waals surface area (Å²) in [4.78, 5) is 9.90. The minimum absolute atomic E-state index is 0.0417. The minimum atomic E-state index is -1.18. The molecular formula is C15H25ClIrNO2. The van der Waals surface area contributed by atoms with Gasteiger partial charge >= 0.3 is 27.5 Å². The molecule has 0 aliphatic carbocycles. The number of carboxylic acids is 1. The summed E-state index contributed by atoms with van der Waals surface area (Å²) in [5, 5.41) is 9.90. The van der Waals surface area contributed by atoms with Gasteiger partial charge in [-0.3, -0.25) is 0 Å². The number of hydrogen-bond acceptors (Lipinski definition) is 3. The fourth-order valence-electron chi connectivity index (χ4n) is 1.68. The molecule has 0 fully saturated rings. The Morgan fingerprint density at radius 2 is 1.45 bits per heavy atom. The van der Waals surface area contributed by atoms with Gasteiger partial charge in [0.05, 0.1) is 5.97 Å². The Labute approximate surface area is 137 Å². The molecule has 0 unspecified atom stereocenters. The van der Waals surface area contributed by atoms with Crippen LogP contribution < -0.4 is 10.8 Å². The van der Waals surface area contributed by atoms with Gasteiger partial charge in [-0.1, -0.05) is 48.5 Å². The van der Waals surface area contributed by atoms with Crippen molar-refractivity contribution in [2.45, 2.75) is 54.5 Å². The van der Waals surface area contributed by atoms with E-state index in [0.29, 0.717) is 0 Å². The molecular weight excluding hydrogens is 454 g/mol. The molecule has 0 saturated heterocycles. The van der Waals surface area contributed by atoms with Crippen LogP contribution in [0.5, 0.6) is 0 Å². The van der Waals surface area contributed by atoms with Crippen molar-refractivity contribution in [2.24, 2.45) is 11.7 Å². The summed E-state index contributed by atoms with van der Waals surface area (Å²) in [6.45, 7) is 14.5. The standard InChI is InChI=1S/C10H15.C5H11NO2.ClH.Ir/c1-6-7(2)9(4)10(5)8(6)3;1-3(2)4(6)5(7)8;;/h1-5H3;3-4H,6H2,1-2H3,(H,7,8);1H;/q-1;;;+3/p-2/t;4-;;/m.1../s1. The molecule has 0 aromatic heterocycles. The fourth-order valence-corrected chi connectivity index (χ4v) is 1.68. The molecule has 1 atom stereocenters. The van der Waals surface area contributed by atoms with E-state index in [-0.39, 0.29) is 5.92 Å². The van der Waals surface area contributed by atoms with Gasteiger partial charge in [-0.25, -0.2) is 0 Å². The first-order valence-corrected chi connectivity index (χ1v) is 9.36. The van der Waals surface area contributed by atoms with Gasteiger partial charge in [0, 0.05) is 6.04 Å². The zero-order valence-electron chi connectivity index (χ0n) is 13.3. The monoisotopic (exact) mass is 479 g/mol. The second kappa shape index (κ2) is 10.4. The normalized spacial score (nSPS) is 11.2. The van der Waals surface area contributed by atoms with Crippen molar-refractivity contribution in [1.82, 2.24) is 0 Å². The quantitative estimate of drug-likeness (QED) is 0.663. The molecule has 5 heteroatoms. The van der Waals surface area contributed by atoms with Gasteiger partial charge < -0.3 is 15.6 Å². The maximum absolute atomic E-state index is 9.90. The average molecular weight is 479 g/mol. The van der Waals surface area contributed by atoms with Crippen LogP contribution in [0.2, 0.25) is 0 Å². The molecule has 0 aliphatic heterocycles. The van der Waals surface area contributed by atoms with Crippen molar-refractivity contribution >= 4 is 15.6 Å². The average Bonchev–Trinajstić information content (AvgIpc) is 2.59. The van der Waals surface area contributed by atoms with E-state index < -0.39 is 12.0 Å². The first-order valence-electron chi connectivity index (χ1n) is 6.39. The maximum atomic E-state index is 9.90. The Hall–Kier alpha value is -0.281. The van der Waals surface area contributed by atoms with Gasteiger partial charge in [0.1, 0.15) is 0 Å². The second-order valence-corrected chi connectivity index (χ2v) is 5.21. The van der Waals surface area contributed by atoms with E-state index in [4.69, 9.17) is 5.73 Å². The summed E-state index contributed by atoms with van der Waals surface area (Å²) in [5.41, 5.74) is 12.4. The van der Waals surface area contributed by atoms with E-state index in [9.17, 15) is 9.90 Å². The van der Waals surface area contributed by atoms with Crippen molar-refractivity contribution in [3.63, 3.8) is 0 Å². The molecule has 2 N–H and O–H groups in total. The summed E-state index contributed by atoms with van der Waals surface area (Å²) >= 11 is 1.47. The van der Waals surface area contributed by atoms with E-state index in [2.05, 4.69) is 44.2 Å². The molecule has 118 valence electrons. The van der Waals surface area contributed by atoms with Crippen LogP contribution >= 0.6 is 9.58 Å². The number of halogens is 1. The van der Waals surface area contributed by atoms with E-state index in [1.807, 2.05) is 0 Å².